The van der Waals surface area contributed by atoms with Crippen molar-refractivity contribution in [3.05, 3.63) is 0 Å². The van der Waals surface area contributed by atoms with E-state index >= 15 is 0 Å². The van der Waals surface area contributed by atoms with E-state index in [9.17, 15) is 0 Å². The van der Waals surface area contributed by atoms with Crippen LogP contribution in [0, 0.1) is 11.3 Å². The summed E-state index contributed by atoms with van der Waals surface area (Å²) in [5.41, 5.74) is 6.70. The molecule has 3 rings (SSSR count). The Hall–Kier alpha value is -0.380. The summed E-state index contributed by atoms with van der Waals surface area (Å²) < 4.78 is 0. The van der Waals surface area contributed by atoms with E-state index in [4.69, 9.17) is 5.73 Å². The van der Waals surface area contributed by atoms with Gasteiger partial charge in [0.1, 0.15) is 0 Å². The summed E-state index contributed by atoms with van der Waals surface area (Å²) in [7, 11) is 0. The Labute approximate surface area is 121 Å². The van der Waals surface area contributed by atoms with E-state index in [0.717, 1.165) is 12.5 Å². The van der Waals surface area contributed by atoms with Gasteiger partial charge in [0.25, 0.3) is 0 Å². The molecule has 1 unspecified atom stereocenters. The van der Waals surface area contributed by atoms with Crippen LogP contribution in [0.25, 0.3) is 0 Å². The van der Waals surface area contributed by atoms with Gasteiger partial charge in [0.15, 0.2) is 5.96 Å². The van der Waals surface area contributed by atoms with Crippen LogP contribution < -0.4 is 11.1 Å². The molecule has 3 nitrogen and oxygen atoms in total. The summed E-state index contributed by atoms with van der Waals surface area (Å²) in [5, 5.41) is 3.42. The van der Waals surface area contributed by atoms with Gasteiger partial charge in [-0.05, 0) is 54.9 Å². The number of thioether (sulfide) groups is 1. The Balaban J connectivity index is 1.42. The van der Waals surface area contributed by atoms with Crippen LogP contribution in [-0.2, 0) is 0 Å². The fourth-order valence-electron chi connectivity index (χ4n) is 3.79. The lowest BCUT2D eigenvalue weighted by molar-refractivity contribution is 0.410. The molecule has 0 amide bonds. The van der Waals surface area contributed by atoms with E-state index in [1.165, 1.54) is 62.9 Å². The third-order valence-corrected chi connectivity index (χ3v) is 6.27. The smallest absolute Gasteiger partial charge is 0.188 e. The first kappa shape index (κ1) is 13.6. The molecule has 0 radical (unpaired) electrons. The molecule has 3 aliphatic rings. The predicted octanol–water partition coefficient (Wildman–Crippen LogP) is 2.76. The first-order valence-corrected chi connectivity index (χ1v) is 9.08. The molecule has 2 aliphatic carbocycles. The Morgan fingerprint density at radius 2 is 1.95 bits per heavy atom. The van der Waals surface area contributed by atoms with Crippen LogP contribution >= 0.6 is 11.8 Å². The summed E-state index contributed by atoms with van der Waals surface area (Å²) in [4.78, 5) is 4.61. The van der Waals surface area contributed by atoms with Crippen molar-refractivity contribution in [3.63, 3.8) is 0 Å². The van der Waals surface area contributed by atoms with E-state index < -0.39 is 0 Å². The molecule has 2 saturated carbocycles. The number of hydrogen-bond acceptors (Lipinski definition) is 2. The summed E-state index contributed by atoms with van der Waals surface area (Å²) in [6.07, 6.45) is 10.8. The Morgan fingerprint density at radius 1 is 1.21 bits per heavy atom. The fourth-order valence-corrected chi connectivity index (χ4v) is 5.10. The number of nitrogens with two attached hydrogens (primary N) is 1. The second-order valence-corrected chi connectivity index (χ2v) is 7.81. The van der Waals surface area contributed by atoms with E-state index in [2.05, 4.69) is 22.1 Å². The number of nitrogens with zero attached hydrogens (tertiary/aromatic N) is 1. The molecule has 1 atom stereocenters. The maximum absolute atomic E-state index is 6.03. The fraction of sp³-hybridized carbons (Fsp3) is 0.933. The molecule has 1 aliphatic heterocycles. The van der Waals surface area contributed by atoms with Gasteiger partial charge in [0, 0.05) is 12.6 Å². The van der Waals surface area contributed by atoms with E-state index in [1.54, 1.807) is 0 Å². The van der Waals surface area contributed by atoms with E-state index in [1.807, 2.05) is 0 Å². The average Bonchev–Trinajstić information content (AvgIpc) is 3.11. The van der Waals surface area contributed by atoms with Gasteiger partial charge in [-0.15, -0.1) is 0 Å². The van der Waals surface area contributed by atoms with Crippen LogP contribution in [0.15, 0.2) is 4.99 Å². The molecule has 19 heavy (non-hydrogen) atoms. The van der Waals surface area contributed by atoms with Crippen molar-refractivity contribution in [1.29, 1.82) is 0 Å². The van der Waals surface area contributed by atoms with Crippen LogP contribution in [0.3, 0.4) is 0 Å². The molecule has 0 aromatic heterocycles. The first-order chi connectivity index (χ1) is 9.28. The minimum absolute atomic E-state index is 0.580. The molecule has 1 heterocycles. The molecular formula is C15H27N3S. The number of nitrogens with one attached hydrogen (secondary N) is 1. The lowest BCUT2D eigenvalue weighted by Crippen LogP contribution is -2.41. The van der Waals surface area contributed by atoms with Gasteiger partial charge in [-0.1, -0.05) is 19.3 Å². The van der Waals surface area contributed by atoms with Gasteiger partial charge in [0.05, 0.1) is 0 Å². The maximum Gasteiger partial charge on any atom is 0.188 e. The molecule has 0 aromatic rings. The van der Waals surface area contributed by atoms with Crippen LogP contribution in [-0.4, -0.2) is 30.1 Å². The molecule has 3 N–H and O–H groups in total. The highest BCUT2D eigenvalue weighted by molar-refractivity contribution is 7.99. The molecule has 0 bridgehead atoms. The van der Waals surface area contributed by atoms with Crippen molar-refractivity contribution in [3.8, 4) is 0 Å². The number of guanidine groups is 1. The third kappa shape index (κ3) is 3.39. The monoisotopic (exact) mass is 281 g/mol. The lowest BCUT2D eigenvalue weighted by Gasteiger charge is -2.23. The highest BCUT2D eigenvalue weighted by Crippen LogP contribution is 2.60. The standard InChI is InChI=1S/C15H27N3S/c16-14(18-13-4-2-1-3-5-13)17-11-12-10-15(12)6-8-19-9-7-15/h12-13H,1-11H2,(H3,16,17,18). The normalized spacial score (nSPS) is 31.4. The molecule has 3 fully saturated rings. The highest BCUT2D eigenvalue weighted by atomic mass is 32.2. The molecular weight excluding hydrogens is 254 g/mol. The topological polar surface area (TPSA) is 50.4 Å². The molecule has 0 aromatic carbocycles. The number of aliphatic imine (C=N–C) groups is 1. The Bertz CT molecular complexity index is 330. The minimum Gasteiger partial charge on any atom is -0.370 e. The summed E-state index contributed by atoms with van der Waals surface area (Å²) in [6, 6.07) is 0.580. The van der Waals surface area contributed by atoms with Crippen LogP contribution in [0.4, 0.5) is 0 Å². The summed E-state index contributed by atoms with van der Waals surface area (Å²) in [6.45, 7) is 0.955. The van der Waals surface area contributed by atoms with Crippen molar-refractivity contribution in [2.45, 2.75) is 57.4 Å². The second kappa shape index (κ2) is 5.94. The quantitative estimate of drug-likeness (QED) is 0.618. The van der Waals surface area contributed by atoms with Crippen molar-refractivity contribution in [2.24, 2.45) is 22.1 Å². The van der Waals surface area contributed by atoms with E-state index in [-0.39, 0.29) is 0 Å². The zero-order chi connectivity index (χ0) is 13.1. The van der Waals surface area contributed by atoms with Gasteiger partial charge in [-0.2, -0.15) is 11.8 Å². The van der Waals surface area contributed by atoms with Crippen molar-refractivity contribution in [1.82, 2.24) is 5.32 Å². The Morgan fingerprint density at radius 3 is 2.68 bits per heavy atom. The van der Waals surface area contributed by atoms with E-state index in [0.29, 0.717) is 17.4 Å². The van der Waals surface area contributed by atoms with Gasteiger partial charge >= 0.3 is 0 Å². The van der Waals surface area contributed by atoms with Crippen LogP contribution in [0.1, 0.15) is 51.4 Å². The minimum atomic E-state index is 0.580. The summed E-state index contributed by atoms with van der Waals surface area (Å²) >= 11 is 2.11. The van der Waals surface area contributed by atoms with Crippen molar-refractivity contribution in [2.75, 3.05) is 18.1 Å². The van der Waals surface area contributed by atoms with Crippen LogP contribution in [0.5, 0.6) is 0 Å². The van der Waals surface area contributed by atoms with Gasteiger partial charge in [-0.3, -0.25) is 4.99 Å². The second-order valence-electron chi connectivity index (χ2n) is 6.58. The molecule has 108 valence electrons. The third-order valence-electron chi connectivity index (χ3n) is 5.29. The van der Waals surface area contributed by atoms with Crippen LogP contribution in [0.2, 0.25) is 0 Å². The number of hydrogen-bond donors (Lipinski definition) is 2. The maximum atomic E-state index is 6.03. The number of rotatable bonds is 3. The predicted molar refractivity (Wildman–Crippen MR) is 83.6 cm³/mol. The molecule has 1 spiro atoms. The first-order valence-electron chi connectivity index (χ1n) is 7.93. The van der Waals surface area contributed by atoms with Crippen molar-refractivity contribution >= 4 is 17.7 Å². The molecule has 1 saturated heterocycles. The Kier molecular flexibility index (Phi) is 4.25. The zero-order valence-electron chi connectivity index (χ0n) is 11.9. The highest BCUT2D eigenvalue weighted by Gasteiger charge is 2.53. The molecule has 4 heteroatoms. The van der Waals surface area contributed by atoms with Gasteiger partial charge in [0.2, 0.25) is 0 Å². The van der Waals surface area contributed by atoms with Gasteiger partial charge in [-0.25, -0.2) is 0 Å². The zero-order valence-corrected chi connectivity index (χ0v) is 12.7. The largest absolute Gasteiger partial charge is 0.370 e. The SMILES string of the molecule is NC(=NCC1CC12CCSCC2)NC1CCCCC1. The lowest BCUT2D eigenvalue weighted by atomic mass is 9.96. The summed E-state index contributed by atoms with van der Waals surface area (Å²) in [5.74, 6) is 4.23. The average molecular weight is 281 g/mol. The van der Waals surface area contributed by atoms with Gasteiger partial charge < -0.3 is 11.1 Å². The van der Waals surface area contributed by atoms with Crippen molar-refractivity contribution < 1.29 is 0 Å².